The SMILES string of the molecule is COc1ccc(S(=O)(=O)NCC[C@@H](O)c2ccccc2)cc1OC. The summed E-state index contributed by atoms with van der Waals surface area (Å²) >= 11 is 0. The van der Waals surface area contributed by atoms with E-state index in [1.165, 1.54) is 32.4 Å². The first-order chi connectivity index (χ1) is 11.5. The fourth-order valence-corrected chi connectivity index (χ4v) is 3.30. The predicted octanol–water partition coefficient (Wildman–Crippen LogP) is 2.11. The van der Waals surface area contributed by atoms with Crippen molar-refractivity contribution in [2.75, 3.05) is 20.8 Å². The molecule has 1 atom stereocenters. The Bertz CT molecular complexity index is 762. The van der Waals surface area contributed by atoms with E-state index in [1.54, 1.807) is 12.1 Å². The van der Waals surface area contributed by atoms with Crippen molar-refractivity contribution < 1.29 is 23.0 Å². The summed E-state index contributed by atoms with van der Waals surface area (Å²) in [6.45, 7) is 0.118. The second-order valence-corrected chi connectivity index (χ2v) is 6.90. The summed E-state index contributed by atoms with van der Waals surface area (Å²) < 4.78 is 37.3. The third-order valence-corrected chi connectivity index (χ3v) is 5.02. The van der Waals surface area contributed by atoms with E-state index < -0.39 is 16.1 Å². The molecule has 0 unspecified atom stereocenters. The molecule has 6 nitrogen and oxygen atoms in total. The van der Waals surface area contributed by atoms with Gasteiger partial charge in [-0.1, -0.05) is 30.3 Å². The number of hydrogen-bond acceptors (Lipinski definition) is 5. The van der Waals surface area contributed by atoms with E-state index >= 15 is 0 Å². The Morgan fingerprint density at radius 3 is 2.33 bits per heavy atom. The van der Waals surface area contributed by atoms with E-state index in [-0.39, 0.29) is 17.9 Å². The highest BCUT2D eigenvalue weighted by molar-refractivity contribution is 7.89. The topological polar surface area (TPSA) is 84.9 Å². The summed E-state index contributed by atoms with van der Waals surface area (Å²) in [5.74, 6) is 0.792. The standard InChI is InChI=1S/C17H21NO5S/c1-22-16-9-8-14(12-17(16)23-2)24(20,21)18-11-10-15(19)13-6-4-3-5-7-13/h3-9,12,15,18-19H,10-11H2,1-2H3/t15-/m1/s1. The first-order valence-electron chi connectivity index (χ1n) is 7.42. The Balaban J connectivity index is 2.01. The maximum atomic E-state index is 12.3. The molecule has 0 heterocycles. The van der Waals surface area contributed by atoms with E-state index in [4.69, 9.17) is 9.47 Å². The van der Waals surface area contributed by atoms with Gasteiger partial charge in [-0.15, -0.1) is 0 Å². The molecule has 2 N–H and O–H groups in total. The lowest BCUT2D eigenvalue weighted by atomic mass is 10.1. The van der Waals surface area contributed by atoms with Crippen molar-refractivity contribution in [3.63, 3.8) is 0 Å². The van der Waals surface area contributed by atoms with Crippen LogP contribution in [-0.2, 0) is 10.0 Å². The van der Waals surface area contributed by atoms with Crippen LogP contribution >= 0.6 is 0 Å². The highest BCUT2D eigenvalue weighted by Gasteiger charge is 2.17. The lowest BCUT2D eigenvalue weighted by Gasteiger charge is -2.13. The van der Waals surface area contributed by atoms with E-state index in [1.807, 2.05) is 18.2 Å². The van der Waals surface area contributed by atoms with Crippen molar-refractivity contribution in [3.8, 4) is 11.5 Å². The average molecular weight is 351 g/mol. The number of rotatable bonds is 8. The Hall–Kier alpha value is -2.09. The monoisotopic (exact) mass is 351 g/mol. The number of ether oxygens (including phenoxy) is 2. The molecule has 0 aliphatic rings. The molecule has 0 fully saturated rings. The minimum absolute atomic E-state index is 0.0781. The first-order valence-corrected chi connectivity index (χ1v) is 8.91. The molecule has 0 saturated heterocycles. The van der Waals surface area contributed by atoms with E-state index in [9.17, 15) is 13.5 Å². The molecule has 130 valence electrons. The predicted molar refractivity (Wildman–Crippen MR) is 90.8 cm³/mol. The molecular formula is C17H21NO5S. The molecule has 2 rings (SSSR count). The number of aliphatic hydroxyl groups excluding tert-OH is 1. The van der Waals surface area contributed by atoms with Gasteiger partial charge >= 0.3 is 0 Å². The molecule has 0 aliphatic carbocycles. The highest BCUT2D eigenvalue weighted by atomic mass is 32.2. The normalized spacial score (nSPS) is 12.6. The van der Waals surface area contributed by atoms with Crippen molar-refractivity contribution in [1.82, 2.24) is 4.72 Å². The summed E-state index contributed by atoms with van der Waals surface area (Å²) in [5.41, 5.74) is 0.753. The number of methoxy groups -OCH3 is 2. The molecule has 0 aliphatic heterocycles. The number of benzene rings is 2. The average Bonchev–Trinajstić information content (AvgIpc) is 2.61. The molecular weight excluding hydrogens is 330 g/mol. The Labute approximate surface area is 142 Å². The van der Waals surface area contributed by atoms with Gasteiger partial charge in [0.25, 0.3) is 0 Å². The lowest BCUT2D eigenvalue weighted by molar-refractivity contribution is 0.169. The number of hydrogen-bond donors (Lipinski definition) is 2. The van der Waals surface area contributed by atoms with Crippen molar-refractivity contribution >= 4 is 10.0 Å². The van der Waals surface area contributed by atoms with Gasteiger partial charge in [0.05, 0.1) is 25.2 Å². The van der Waals surface area contributed by atoms with Crippen LogP contribution in [0.25, 0.3) is 0 Å². The third-order valence-electron chi connectivity index (χ3n) is 3.56. The fraction of sp³-hybridized carbons (Fsp3) is 0.294. The summed E-state index contributed by atoms with van der Waals surface area (Å²) in [7, 11) is -0.769. The minimum Gasteiger partial charge on any atom is -0.493 e. The van der Waals surface area contributed by atoms with Crippen molar-refractivity contribution in [2.45, 2.75) is 17.4 Å². The van der Waals surface area contributed by atoms with Gasteiger partial charge in [0.2, 0.25) is 10.0 Å². The molecule has 0 saturated carbocycles. The second-order valence-electron chi connectivity index (χ2n) is 5.13. The van der Waals surface area contributed by atoms with Crippen molar-refractivity contribution in [2.24, 2.45) is 0 Å². The number of nitrogens with one attached hydrogen (secondary N) is 1. The van der Waals surface area contributed by atoms with Gasteiger partial charge in [-0.05, 0) is 24.1 Å². The van der Waals surface area contributed by atoms with Crippen LogP contribution < -0.4 is 14.2 Å². The van der Waals surface area contributed by atoms with Gasteiger partial charge < -0.3 is 14.6 Å². The zero-order chi connectivity index (χ0) is 17.6. The van der Waals surface area contributed by atoms with Gasteiger partial charge in [-0.2, -0.15) is 0 Å². The van der Waals surface area contributed by atoms with Crippen LogP contribution in [0.5, 0.6) is 11.5 Å². The molecule has 24 heavy (non-hydrogen) atoms. The summed E-state index contributed by atoms with van der Waals surface area (Å²) in [5, 5.41) is 10.1. The maximum Gasteiger partial charge on any atom is 0.240 e. The van der Waals surface area contributed by atoms with Crippen molar-refractivity contribution in [1.29, 1.82) is 0 Å². The summed E-state index contributed by atoms with van der Waals surface area (Å²) in [6.07, 6.45) is -0.449. The molecule has 7 heteroatoms. The van der Waals surface area contributed by atoms with Crippen LogP contribution in [0.3, 0.4) is 0 Å². The molecule has 2 aromatic rings. The van der Waals surface area contributed by atoms with E-state index in [0.29, 0.717) is 11.5 Å². The van der Waals surface area contributed by atoms with Crippen molar-refractivity contribution in [3.05, 3.63) is 54.1 Å². The van der Waals surface area contributed by atoms with E-state index in [2.05, 4.69) is 4.72 Å². The minimum atomic E-state index is -3.69. The Morgan fingerprint density at radius 1 is 1.04 bits per heavy atom. The van der Waals surface area contributed by atoms with Gasteiger partial charge in [0.1, 0.15) is 0 Å². The van der Waals surface area contributed by atoms with Gasteiger partial charge in [-0.3, -0.25) is 0 Å². The van der Waals surface area contributed by atoms with Crippen LogP contribution in [0.4, 0.5) is 0 Å². The third kappa shape index (κ3) is 4.47. The Kier molecular flexibility index (Phi) is 6.19. The highest BCUT2D eigenvalue weighted by Crippen LogP contribution is 2.29. The molecule has 0 spiro atoms. The van der Waals surface area contributed by atoms with Gasteiger partial charge in [0.15, 0.2) is 11.5 Å². The van der Waals surface area contributed by atoms with Crippen LogP contribution in [0.15, 0.2) is 53.4 Å². The van der Waals surface area contributed by atoms with Crippen LogP contribution in [0.2, 0.25) is 0 Å². The lowest BCUT2D eigenvalue weighted by Crippen LogP contribution is -2.26. The van der Waals surface area contributed by atoms with Gasteiger partial charge in [0, 0.05) is 12.6 Å². The van der Waals surface area contributed by atoms with Crippen LogP contribution in [0, 0.1) is 0 Å². The molecule has 0 aromatic heterocycles. The number of aliphatic hydroxyl groups is 1. The zero-order valence-electron chi connectivity index (χ0n) is 13.6. The van der Waals surface area contributed by atoms with Crippen LogP contribution in [0.1, 0.15) is 18.1 Å². The second kappa shape index (κ2) is 8.14. The fourth-order valence-electron chi connectivity index (χ4n) is 2.24. The largest absolute Gasteiger partial charge is 0.493 e. The maximum absolute atomic E-state index is 12.3. The molecule has 0 bridgehead atoms. The van der Waals surface area contributed by atoms with E-state index in [0.717, 1.165) is 5.56 Å². The first kappa shape index (κ1) is 18.3. The molecule has 2 aromatic carbocycles. The quantitative estimate of drug-likeness (QED) is 0.761. The molecule has 0 radical (unpaired) electrons. The smallest absolute Gasteiger partial charge is 0.240 e. The van der Waals surface area contributed by atoms with Gasteiger partial charge in [-0.25, -0.2) is 13.1 Å². The summed E-state index contributed by atoms with van der Waals surface area (Å²) in [4.78, 5) is 0.0781. The summed E-state index contributed by atoms with van der Waals surface area (Å²) in [6, 6.07) is 13.5. The zero-order valence-corrected chi connectivity index (χ0v) is 14.4. The molecule has 0 amide bonds. The van der Waals surface area contributed by atoms with Crippen LogP contribution in [-0.4, -0.2) is 34.3 Å². The Morgan fingerprint density at radius 2 is 1.71 bits per heavy atom. The number of sulfonamides is 1.